The fourth-order valence-corrected chi connectivity index (χ4v) is 1.28. The maximum atomic E-state index is 10.7. The minimum absolute atomic E-state index is 0.0489. The summed E-state index contributed by atoms with van der Waals surface area (Å²) in [6.45, 7) is 0.0489. The van der Waals surface area contributed by atoms with Crippen LogP contribution >= 0.6 is 0 Å². The fourth-order valence-electron chi connectivity index (χ4n) is 1.28. The number of nitro groups is 1. The Hall–Kier alpha value is -1.99. The molecule has 0 saturated heterocycles. The van der Waals surface area contributed by atoms with Crippen LogP contribution < -0.4 is 11.5 Å². The molecular formula is C9H11N3O4. The van der Waals surface area contributed by atoms with Crippen molar-refractivity contribution in [1.82, 2.24) is 0 Å². The van der Waals surface area contributed by atoms with Crippen LogP contribution in [0.4, 0.5) is 5.69 Å². The van der Waals surface area contributed by atoms with Gasteiger partial charge in [-0.1, -0.05) is 0 Å². The molecule has 1 atom stereocenters. The first-order chi connectivity index (χ1) is 7.47. The van der Waals surface area contributed by atoms with E-state index in [1.165, 1.54) is 12.1 Å². The summed E-state index contributed by atoms with van der Waals surface area (Å²) >= 11 is 0. The molecule has 0 bridgehead atoms. The molecule has 1 aromatic carbocycles. The molecule has 0 amide bonds. The number of hydrogen-bond donors (Lipinski definition) is 3. The van der Waals surface area contributed by atoms with Crippen molar-refractivity contribution in [3.63, 3.8) is 0 Å². The normalized spacial score (nSPS) is 12.1. The molecule has 7 heteroatoms. The molecule has 0 heterocycles. The van der Waals surface area contributed by atoms with Crippen LogP contribution in [0.5, 0.6) is 0 Å². The minimum atomic E-state index is -1.23. The first-order valence-electron chi connectivity index (χ1n) is 4.44. The molecular weight excluding hydrogens is 214 g/mol. The van der Waals surface area contributed by atoms with Gasteiger partial charge in [0, 0.05) is 24.2 Å². The van der Waals surface area contributed by atoms with Gasteiger partial charge in [-0.15, -0.1) is 0 Å². The second-order valence-corrected chi connectivity index (χ2v) is 3.18. The largest absolute Gasteiger partial charge is 0.478 e. The molecule has 0 radical (unpaired) electrons. The average Bonchev–Trinajstić information content (AvgIpc) is 2.26. The van der Waals surface area contributed by atoms with Crippen LogP contribution in [-0.4, -0.2) is 22.5 Å². The molecule has 16 heavy (non-hydrogen) atoms. The van der Waals surface area contributed by atoms with Gasteiger partial charge in [0.2, 0.25) is 0 Å². The first-order valence-corrected chi connectivity index (χ1v) is 4.44. The lowest BCUT2D eigenvalue weighted by molar-refractivity contribution is -0.385. The first kappa shape index (κ1) is 12.1. The van der Waals surface area contributed by atoms with Crippen molar-refractivity contribution in [1.29, 1.82) is 0 Å². The second-order valence-electron chi connectivity index (χ2n) is 3.18. The van der Waals surface area contributed by atoms with E-state index >= 15 is 0 Å². The van der Waals surface area contributed by atoms with Gasteiger partial charge in [0.25, 0.3) is 5.69 Å². The summed E-state index contributed by atoms with van der Waals surface area (Å²) in [6, 6.07) is 2.88. The van der Waals surface area contributed by atoms with Crippen LogP contribution in [0.25, 0.3) is 0 Å². The lowest BCUT2D eigenvalue weighted by Crippen LogP contribution is -2.22. The van der Waals surface area contributed by atoms with Crippen molar-refractivity contribution in [2.45, 2.75) is 6.04 Å². The third-order valence-corrected chi connectivity index (χ3v) is 2.13. The van der Waals surface area contributed by atoms with E-state index in [1.54, 1.807) is 0 Å². The maximum absolute atomic E-state index is 10.7. The van der Waals surface area contributed by atoms with Crippen molar-refractivity contribution in [2.75, 3.05) is 6.54 Å². The Labute approximate surface area is 90.8 Å². The monoisotopic (exact) mass is 225 g/mol. The number of nitrogens with zero attached hydrogens (tertiary/aromatic N) is 1. The van der Waals surface area contributed by atoms with Gasteiger partial charge in [-0.25, -0.2) is 4.79 Å². The highest BCUT2D eigenvalue weighted by molar-refractivity contribution is 5.88. The van der Waals surface area contributed by atoms with Gasteiger partial charge in [0.05, 0.1) is 10.5 Å². The predicted molar refractivity (Wildman–Crippen MR) is 56.0 cm³/mol. The van der Waals surface area contributed by atoms with E-state index in [0.717, 1.165) is 6.07 Å². The zero-order chi connectivity index (χ0) is 12.3. The van der Waals surface area contributed by atoms with E-state index < -0.39 is 16.9 Å². The van der Waals surface area contributed by atoms with Gasteiger partial charge in [-0.2, -0.15) is 0 Å². The highest BCUT2D eigenvalue weighted by Crippen LogP contribution is 2.24. The lowest BCUT2D eigenvalue weighted by Gasteiger charge is -2.09. The Kier molecular flexibility index (Phi) is 3.54. The number of carboxylic acids is 1. The summed E-state index contributed by atoms with van der Waals surface area (Å²) in [5, 5.41) is 19.4. The van der Waals surface area contributed by atoms with E-state index in [0.29, 0.717) is 0 Å². The summed E-state index contributed by atoms with van der Waals surface area (Å²) in [7, 11) is 0. The van der Waals surface area contributed by atoms with E-state index in [9.17, 15) is 14.9 Å². The van der Waals surface area contributed by atoms with Gasteiger partial charge in [-0.3, -0.25) is 10.1 Å². The summed E-state index contributed by atoms with van der Waals surface area (Å²) in [5.74, 6) is -1.23. The molecule has 5 N–H and O–H groups in total. The molecule has 1 aromatic rings. The van der Waals surface area contributed by atoms with Crippen molar-refractivity contribution in [3.8, 4) is 0 Å². The van der Waals surface area contributed by atoms with Crippen molar-refractivity contribution in [3.05, 3.63) is 39.4 Å². The minimum Gasteiger partial charge on any atom is -0.478 e. The molecule has 0 fully saturated rings. The average molecular weight is 225 g/mol. The van der Waals surface area contributed by atoms with Gasteiger partial charge in [0.1, 0.15) is 0 Å². The molecule has 1 rings (SSSR count). The molecule has 0 spiro atoms. The molecule has 0 aliphatic heterocycles. The Bertz CT molecular complexity index is 433. The van der Waals surface area contributed by atoms with Gasteiger partial charge in [0.15, 0.2) is 0 Å². The van der Waals surface area contributed by atoms with Crippen LogP contribution in [0, 0.1) is 10.1 Å². The smallest absolute Gasteiger partial charge is 0.335 e. The highest BCUT2D eigenvalue weighted by Gasteiger charge is 2.20. The van der Waals surface area contributed by atoms with Crippen molar-refractivity contribution >= 4 is 11.7 Å². The molecule has 0 aromatic heterocycles. The topological polar surface area (TPSA) is 132 Å². The second kappa shape index (κ2) is 4.69. The summed E-state index contributed by atoms with van der Waals surface area (Å²) in [4.78, 5) is 20.7. The van der Waals surface area contributed by atoms with Crippen LogP contribution in [-0.2, 0) is 0 Å². The number of rotatable bonds is 4. The van der Waals surface area contributed by atoms with E-state index in [2.05, 4.69) is 0 Å². The lowest BCUT2D eigenvalue weighted by atomic mass is 10.0. The third kappa shape index (κ3) is 2.33. The zero-order valence-electron chi connectivity index (χ0n) is 8.29. The number of nitrogens with two attached hydrogens (primary N) is 2. The standard InChI is InChI=1S/C9H11N3O4/c10-4-7(11)6-2-1-5(9(13)14)3-8(6)12(15)16/h1-3,7H,4,10-11H2,(H,13,14)/t7-/m0/s1. The number of nitro benzene ring substituents is 1. The SMILES string of the molecule is NC[C@H](N)c1ccc(C(=O)O)cc1[N+](=O)[O-]. The molecule has 0 unspecified atom stereocenters. The number of benzene rings is 1. The van der Waals surface area contributed by atoms with Crippen LogP contribution in [0.3, 0.4) is 0 Å². The highest BCUT2D eigenvalue weighted by atomic mass is 16.6. The number of carboxylic acid groups (broad SMARTS) is 1. The quantitative estimate of drug-likeness (QED) is 0.497. The maximum Gasteiger partial charge on any atom is 0.335 e. The van der Waals surface area contributed by atoms with E-state index in [4.69, 9.17) is 16.6 Å². The van der Waals surface area contributed by atoms with E-state index in [1.807, 2.05) is 0 Å². The van der Waals surface area contributed by atoms with Gasteiger partial charge < -0.3 is 16.6 Å². The predicted octanol–water partition coefficient (Wildman–Crippen LogP) is 0.252. The summed E-state index contributed by atoms with van der Waals surface area (Å²) in [5.41, 5.74) is 10.6. The number of aromatic carboxylic acids is 1. The number of carbonyl (C=O) groups is 1. The van der Waals surface area contributed by atoms with Crippen molar-refractivity contribution < 1.29 is 14.8 Å². The third-order valence-electron chi connectivity index (χ3n) is 2.13. The molecule has 0 aliphatic rings. The van der Waals surface area contributed by atoms with Gasteiger partial charge in [-0.05, 0) is 12.1 Å². The van der Waals surface area contributed by atoms with Crippen LogP contribution in [0.15, 0.2) is 18.2 Å². The Morgan fingerprint density at radius 1 is 1.56 bits per heavy atom. The molecule has 7 nitrogen and oxygen atoms in total. The fraction of sp³-hybridized carbons (Fsp3) is 0.222. The molecule has 0 saturated carbocycles. The van der Waals surface area contributed by atoms with Crippen molar-refractivity contribution in [2.24, 2.45) is 11.5 Å². The van der Waals surface area contributed by atoms with E-state index in [-0.39, 0.29) is 23.4 Å². The van der Waals surface area contributed by atoms with Crippen LogP contribution in [0.1, 0.15) is 22.0 Å². The zero-order valence-corrected chi connectivity index (χ0v) is 8.29. The Balaban J connectivity index is 3.30. The summed E-state index contributed by atoms with van der Waals surface area (Å²) in [6.07, 6.45) is 0. The van der Waals surface area contributed by atoms with Gasteiger partial charge >= 0.3 is 5.97 Å². The molecule has 0 aliphatic carbocycles. The van der Waals surface area contributed by atoms with Crippen LogP contribution in [0.2, 0.25) is 0 Å². The Morgan fingerprint density at radius 3 is 2.62 bits per heavy atom. The molecule has 86 valence electrons. The Morgan fingerprint density at radius 2 is 2.19 bits per heavy atom. The summed E-state index contributed by atoms with van der Waals surface area (Å²) < 4.78 is 0. The number of hydrogen-bond acceptors (Lipinski definition) is 5.